The topological polar surface area (TPSA) is 66.4 Å². The van der Waals surface area contributed by atoms with E-state index in [2.05, 4.69) is 17.2 Å². The van der Waals surface area contributed by atoms with Crippen molar-refractivity contribution in [2.24, 2.45) is 0 Å². The van der Waals surface area contributed by atoms with Gasteiger partial charge in [0.15, 0.2) is 0 Å². The van der Waals surface area contributed by atoms with Gasteiger partial charge in [0, 0.05) is 12.5 Å². The Morgan fingerprint density at radius 2 is 2.18 bits per heavy atom. The number of aromatic carboxylic acids is 1. The zero-order valence-corrected chi connectivity index (χ0v) is 9.08. The highest BCUT2D eigenvalue weighted by Crippen LogP contribution is 2.12. The molecule has 0 aliphatic rings. The van der Waals surface area contributed by atoms with E-state index in [1.54, 1.807) is 0 Å². The Kier molecular flexibility index (Phi) is 4.23. The average Bonchev–Trinajstić information content (AvgIpc) is 2.23. The standard InChI is InChI=1S/C12H10FNO3/c1-8(15)14-7-3-5-9-4-2-6-10(13)11(9)12(16)17/h2,4,6H,7H2,1H3,(H,14,15)(H,16,17). The van der Waals surface area contributed by atoms with Crippen LogP contribution in [-0.2, 0) is 4.79 Å². The fraction of sp³-hybridized carbons (Fsp3) is 0.167. The van der Waals surface area contributed by atoms with Crippen LogP contribution in [0, 0.1) is 17.7 Å². The summed E-state index contributed by atoms with van der Waals surface area (Å²) in [5.41, 5.74) is -0.370. The first-order valence-corrected chi connectivity index (χ1v) is 4.77. The smallest absolute Gasteiger partial charge is 0.339 e. The second-order valence-electron chi connectivity index (χ2n) is 3.18. The molecule has 0 fully saturated rings. The summed E-state index contributed by atoms with van der Waals surface area (Å²) in [4.78, 5) is 21.4. The monoisotopic (exact) mass is 235 g/mol. The van der Waals surface area contributed by atoms with Crippen LogP contribution in [0.3, 0.4) is 0 Å². The second-order valence-corrected chi connectivity index (χ2v) is 3.18. The number of halogens is 1. The minimum Gasteiger partial charge on any atom is -0.478 e. The Labute approximate surface area is 97.5 Å². The summed E-state index contributed by atoms with van der Waals surface area (Å²) in [6.45, 7) is 1.43. The van der Waals surface area contributed by atoms with Gasteiger partial charge in [0.25, 0.3) is 0 Å². The van der Waals surface area contributed by atoms with E-state index < -0.39 is 17.3 Å². The number of benzene rings is 1. The molecule has 0 bridgehead atoms. The molecule has 0 atom stereocenters. The molecule has 2 N–H and O–H groups in total. The van der Waals surface area contributed by atoms with Crippen LogP contribution in [-0.4, -0.2) is 23.5 Å². The summed E-state index contributed by atoms with van der Waals surface area (Å²) in [6, 6.07) is 3.85. The lowest BCUT2D eigenvalue weighted by atomic mass is 10.1. The maximum atomic E-state index is 13.2. The SMILES string of the molecule is CC(=O)NCC#Cc1cccc(F)c1C(=O)O. The van der Waals surface area contributed by atoms with Gasteiger partial charge in [-0.15, -0.1) is 0 Å². The van der Waals surface area contributed by atoms with Gasteiger partial charge in [-0.05, 0) is 12.1 Å². The summed E-state index contributed by atoms with van der Waals surface area (Å²) in [5, 5.41) is 11.2. The third-order valence-electron chi connectivity index (χ3n) is 1.88. The second kappa shape index (κ2) is 5.66. The number of carbonyl (C=O) groups excluding carboxylic acids is 1. The summed E-state index contributed by atoms with van der Waals surface area (Å²) in [7, 11) is 0. The Hall–Kier alpha value is -2.35. The summed E-state index contributed by atoms with van der Waals surface area (Å²) >= 11 is 0. The Balaban J connectivity index is 2.94. The number of carboxylic acid groups (broad SMARTS) is 1. The molecule has 0 aliphatic carbocycles. The van der Waals surface area contributed by atoms with Gasteiger partial charge in [-0.25, -0.2) is 9.18 Å². The zero-order chi connectivity index (χ0) is 12.8. The molecule has 0 saturated heterocycles. The van der Waals surface area contributed by atoms with E-state index >= 15 is 0 Å². The molecular formula is C12H10FNO3. The maximum Gasteiger partial charge on any atom is 0.339 e. The first kappa shape index (κ1) is 12.7. The van der Waals surface area contributed by atoms with Gasteiger partial charge in [-0.1, -0.05) is 17.9 Å². The lowest BCUT2D eigenvalue weighted by Crippen LogP contribution is -2.19. The molecule has 1 rings (SSSR count). The van der Waals surface area contributed by atoms with Crippen LogP contribution in [0.5, 0.6) is 0 Å². The number of nitrogens with one attached hydrogen (secondary N) is 1. The third-order valence-corrected chi connectivity index (χ3v) is 1.88. The molecule has 17 heavy (non-hydrogen) atoms. The predicted molar refractivity (Wildman–Crippen MR) is 58.9 cm³/mol. The van der Waals surface area contributed by atoms with Gasteiger partial charge in [-0.3, -0.25) is 4.79 Å². The van der Waals surface area contributed by atoms with Crippen molar-refractivity contribution in [3.63, 3.8) is 0 Å². The normalized spacial score (nSPS) is 9.06. The average molecular weight is 235 g/mol. The van der Waals surface area contributed by atoms with Crippen LogP contribution in [0.25, 0.3) is 0 Å². The van der Waals surface area contributed by atoms with E-state index in [9.17, 15) is 14.0 Å². The molecular weight excluding hydrogens is 225 g/mol. The van der Waals surface area contributed by atoms with Crippen molar-refractivity contribution >= 4 is 11.9 Å². The quantitative estimate of drug-likeness (QED) is 0.752. The Morgan fingerprint density at radius 3 is 2.76 bits per heavy atom. The first-order valence-electron chi connectivity index (χ1n) is 4.77. The van der Waals surface area contributed by atoms with E-state index in [1.807, 2.05) is 0 Å². The van der Waals surface area contributed by atoms with Crippen molar-refractivity contribution in [3.8, 4) is 11.8 Å². The van der Waals surface area contributed by atoms with Gasteiger partial charge < -0.3 is 10.4 Å². The van der Waals surface area contributed by atoms with E-state index in [-0.39, 0.29) is 18.0 Å². The van der Waals surface area contributed by atoms with E-state index in [0.29, 0.717) is 0 Å². The van der Waals surface area contributed by atoms with E-state index in [4.69, 9.17) is 5.11 Å². The van der Waals surface area contributed by atoms with Gasteiger partial charge in [-0.2, -0.15) is 0 Å². The van der Waals surface area contributed by atoms with Crippen LogP contribution in [0.4, 0.5) is 4.39 Å². The number of amides is 1. The van der Waals surface area contributed by atoms with Crippen molar-refractivity contribution < 1.29 is 19.1 Å². The summed E-state index contributed by atoms with van der Waals surface area (Å²) < 4.78 is 13.2. The fourth-order valence-electron chi connectivity index (χ4n) is 1.15. The molecule has 88 valence electrons. The van der Waals surface area contributed by atoms with Crippen LogP contribution in [0.15, 0.2) is 18.2 Å². The number of carboxylic acids is 1. The van der Waals surface area contributed by atoms with E-state index in [0.717, 1.165) is 6.07 Å². The summed E-state index contributed by atoms with van der Waals surface area (Å²) in [6.07, 6.45) is 0. The molecule has 0 aromatic heterocycles. The van der Waals surface area contributed by atoms with Gasteiger partial charge in [0.1, 0.15) is 11.4 Å². The van der Waals surface area contributed by atoms with Crippen molar-refractivity contribution in [2.45, 2.75) is 6.92 Å². The fourth-order valence-corrected chi connectivity index (χ4v) is 1.15. The maximum absolute atomic E-state index is 13.2. The van der Waals surface area contributed by atoms with Gasteiger partial charge in [0.05, 0.1) is 6.54 Å². The zero-order valence-electron chi connectivity index (χ0n) is 9.08. The highest BCUT2D eigenvalue weighted by molar-refractivity contribution is 5.91. The third kappa shape index (κ3) is 3.61. The van der Waals surface area contributed by atoms with E-state index in [1.165, 1.54) is 19.1 Å². The number of hydrogen-bond donors (Lipinski definition) is 2. The number of hydrogen-bond acceptors (Lipinski definition) is 2. The van der Waals surface area contributed by atoms with Gasteiger partial charge >= 0.3 is 5.97 Å². The minimum atomic E-state index is -1.37. The molecule has 1 aromatic rings. The Morgan fingerprint density at radius 1 is 1.47 bits per heavy atom. The van der Waals surface area contributed by atoms with Crippen molar-refractivity contribution in [3.05, 3.63) is 35.1 Å². The molecule has 1 aromatic carbocycles. The summed E-state index contributed by atoms with van der Waals surface area (Å²) in [5.74, 6) is 2.61. The molecule has 0 spiro atoms. The Bertz CT molecular complexity index is 514. The molecule has 0 unspecified atom stereocenters. The van der Waals surface area contributed by atoms with Crippen LogP contribution < -0.4 is 5.32 Å². The molecule has 0 saturated carbocycles. The molecule has 4 nitrogen and oxygen atoms in total. The number of carbonyl (C=O) groups is 2. The van der Waals surface area contributed by atoms with Crippen LogP contribution >= 0.6 is 0 Å². The van der Waals surface area contributed by atoms with Crippen molar-refractivity contribution in [1.29, 1.82) is 0 Å². The highest BCUT2D eigenvalue weighted by Gasteiger charge is 2.13. The molecule has 5 heteroatoms. The predicted octanol–water partition coefficient (Wildman–Crippen LogP) is 1.01. The lowest BCUT2D eigenvalue weighted by Gasteiger charge is -1.99. The van der Waals surface area contributed by atoms with Gasteiger partial charge in [0.2, 0.25) is 5.91 Å². The molecule has 1 amide bonds. The molecule has 0 aliphatic heterocycles. The highest BCUT2D eigenvalue weighted by atomic mass is 19.1. The lowest BCUT2D eigenvalue weighted by molar-refractivity contribution is -0.118. The molecule has 0 heterocycles. The number of rotatable bonds is 2. The van der Waals surface area contributed by atoms with Crippen molar-refractivity contribution in [2.75, 3.05) is 6.54 Å². The van der Waals surface area contributed by atoms with Crippen LogP contribution in [0.2, 0.25) is 0 Å². The van der Waals surface area contributed by atoms with Crippen molar-refractivity contribution in [1.82, 2.24) is 5.32 Å². The first-order chi connectivity index (χ1) is 8.02. The largest absolute Gasteiger partial charge is 0.478 e. The van der Waals surface area contributed by atoms with Crippen LogP contribution in [0.1, 0.15) is 22.8 Å². The molecule has 0 radical (unpaired) electrons. The minimum absolute atomic E-state index is 0.0860.